The van der Waals surface area contributed by atoms with Crippen molar-refractivity contribution in [3.8, 4) is 0 Å². The first kappa shape index (κ1) is 14.7. The fourth-order valence-corrected chi connectivity index (χ4v) is 0.978. The molecular weight excluding hydrogens is 205 g/mol. The molecule has 0 aromatic rings. The van der Waals surface area contributed by atoms with E-state index in [1.54, 1.807) is 0 Å². The molecule has 0 aromatic carbocycles. The molecule has 0 amide bonds. The first-order valence-electron chi connectivity index (χ1n) is 5.16. The zero-order valence-electron chi connectivity index (χ0n) is 9.62. The molecule has 0 saturated heterocycles. The average molecular weight is 226 g/mol. The van der Waals surface area contributed by atoms with Crippen LogP contribution in [0.15, 0.2) is 0 Å². The minimum Gasteiger partial charge on any atom is -0.326 e. The van der Waals surface area contributed by atoms with Crippen LogP contribution in [0.25, 0.3) is 0 Å². The van der Waals surface area contributed by atoms with Crippen LogP contribution < -0.4 is 11.1 Å². The fourth-order valence-electron chi connectivity index (χ4n) is 0.978. The fraction of sp³-hybridized carbons (Fsp3) is 1.00. The van der Waals surface area contributed by atoms with Gasteiger partial charge in [0, 0.05) is 19.0 Å². The van der Waals surface area contributed by atoms with Gasteiger partial charge in [-0.25, -0.2) is 0 Å². The predicted molar refractivity (Wildman–Crippen MR) is 55.6 cm³/mol. The van der Waals surface area contributed by atoms with Gasteiger partial charge in [-0.3, -0.25) is 0 Å². The molecule has 2 nitrogen and oxygen atoms in total. The Morgan fingerprint density at radius 1 is 1.20 bits per heavy atom. The molecular formula is C10H21F3N2. The molecule has 0 saturated carbocycles. The summed E-state index contributed by atoms with van der Waals surface area (Å²) in [5.74, 6) is 0. The van der Waals surface area contributed by atoms with Crippen LogP contribution in [0.4, 0.5) is 13.2 Å². The number of hydrogen-bond acceptors (Lipinski definition) is 2. The van der Waals surface area contributed by atoms with Gasteiger partial charge in [-0.1, -0.05) is 20.8 Å². The third-order valence-electron chi connectivity index (χ3n) is 2.29. The van der Waals surface area contributed by atoms with E-state index in [-0.39, 0.29) is 17.9 Å². The minimum atomic E-state index is -4.05. The number of nitrogens with two attached hydrogens (primary N) is 1. The smallest absolute Gasteiger partial charge is 0.326 e. The molecule has 0 radical (unpaired) electrons. The van der Waals surface area contributed by atoms with Crippen molar-refractivity contribution in [2.24, 2.45) is 11.1 Å². The van der Waals surface area contributed by atoms with Gasteiger partial charge < -0.3 is 11.1 Å². The van der Waals surface area contributed by atoms with Gasteiger partial charge in [-0.15, -0.1) is 0 Å². The summed E-state index contributed by atoms with van der Waals surface area (Å²) in [5, 5.41) is 2.94. The number of alkyl halides is 3. The Hall–Kier alpha value is -0.290. The second-order valence-corrected chi connectivity index (χ2v) is 4.90. The molecule has 0 aliphatic rings. The van der Waals surface area contributed by atoms with Gasteiger partial charge in [0.05, 0.1) is 0 Å². The third-order valence-corrected chi connectivity index (χ3v) is 2.29. The number of rotatable bonds is 5. The Balaban J connectivity index is 3.48. The van der Waals surface area contributed by atoms with E-state index in [1.165, 1.54) is 0 Å². The van der Waals surface area contributed by atoms with Gasteiger partial charge >= 0.3 is 6.18 Å². The summed E-state index contributed by atoms with van der Waals surface area (Å²) in [6, 6.07) is -0.0385. The summed E-state index contributed by atoms with van der Waals surface area (Å²) in [6.45, 7) is 6.95. The van der Waals surface area contributed by atoms with Crippen molar-refractivity contribution in [3.63, 3.8) is 0 Å². The van der Waals surface area contributed by atoms with Crippen molar-refractivity contribution in [3.05, 3.63) is 0 Å². The van der Waals surface area contributed by atoms with Crippen LogP contribution in [0.3, 0.4) is 0 Å². The molecule has 0 fully saturated rings. The zero-order valence-corrected chi connectivity index (χ0v) is 9.62. The molecule has 1 atom stereocenters. The van der Waals surface area contributed by atoms with E-state index in [0.29, 0.717) is 13.1 Å². The normalized spacial score (nSPS) is 15.4. The highest BCUT2D eigenvalue weighted by Crippen LogP contribution is 2.20. The van der Waals surface area contributed by atoms with Crippen LogP contribution in [0.1, 0.15) is 33.6 Å². The average Bonchev–Trinajstić information content (AvgIpc) is 1.99. The van der Waals surface area contributed by atoms with E-state index in [2.05, 4.69) is 5.32 Å². The SMILES string of the molecule is CC(C)(C)C(N)CNCCCC(F)(F)F. The molecule has 92 valence electrons. The first-order valence-corrected chi connectivity index (χ1v) is 5.16. The summed E-state index contributed by atoms with van der Waals surface area (Å²) in [7, 11) is 0. The molecule has 1 unspecified atom stereocenters. The Morgan fingerprint density at radius 2 is 1.73 bits per heavy atom. The molecule has 0 spiro atoms. The molecule has 5 heteroatoms. The summed E-state index contributed by atoms with van der Waals surface area (Å²) in [5.41, 5.74) is 5.82. The van der Waals surface area contributed by atoms with Crippen molar-refractivity contribution < 1.29 is 13.2 Å². The quantitative estimate of drug-likeness (QED) is 0.706. The summed E-state index contributed by atoms with van der Waals surface area (Å²) < 4.78 is 35.3. The Labute approximate surface area is 89.4 Å². The maximum absolute atomic E-state index is 11.8. The third kappa shape index (κ3) is 8.69. The monoisotopic (exact) mass is 226 g/mol. The van der Waals surface area contributed by atoms with Crippen molar-refractivity contribution in [2.45, 2.75) is 45.8 Å². The first-order chi connectivity index (χ1) is 6.63. The molecule has 0 heterocycles. The molecule has 0 bridgehead atoms. The van der Waals surface area contributed by atoms with E-state index < -0.39 is 12.6 Å². The zero-order chi connectivity index (χ0) is 12.1. The summed E-state index contributed by atoms with van der Waals surface area (Å²) >= 11 is 0. The largest absolute Gasteiger partial charge is 0.389 e. The van der Waals surface area contributed by atoms with E-state index in [1.807, 2.05) is 20.8 Å². The van der Waals surface area contributed by atoms with Crippen molar-refractivity contribution in [1.82, 2.24) is 5.32 Å². The van der Waals surface area contributed by atoms with Gasteiger partial charge in [0.15, 0.2) is 0 Å². The molecule has 15 heavy (non-hydrogen) atoms. The maximum atomic E-state index is 11.8. The highest BCUT2D eigenvalue weighted by atomic mass is 19.4. The lowest BCUT2D eigenvalue weighted by atomic mass is 9.87. The predicted octanol–water partition coefficient (Wildman–Crippen LogP) is 2.29. The van der Waals surface area contributed by atoms with E-state index >= 15 is 0 Å². The molecule has 0 aliphatic heterocycles. The lowest BCUT2D eigenvalue weighted by Crippen LogP contribution is -2.43. The minimum absolute atomic E-state index is 0.0168. The van der Waals surface area contributed by atoms with Gasteiger partial charge in [0.1, 0.15) is 0 Å². The molecule has 0 aromatic heterocycles. The molecule has 0 aliphatic carbocycles. The summed E-state index contributed by atoms with van der Waals surface area (Å²) in [4.78, 5) is 0. The number of hydrogen-bond donors (Lipinski definition) is 2. The van der Waals surface area contributed by atoms with Crippen molar-refractivity contribution in [2.75, 3.05) is 13.1 Å². The topological polar surface area (TPSA) is 38.0 Å². The van der Waals surface area contributed by atoms with Crippen LogP contribution in [0, 0.1) is 5.41 Å². The summed E-state index contributed by atoms with van der Waals surface area (Å²) in [6.07, 6.45) is -4.67. The highest BCUT2D eigenvalue weighted by molar-refractivity contribution is 4.78. The van der Waals surface area contributed by atoms with E-state index in [4.69, 9.17) is 5.73 Å². The van der Waals surface area contributed by atoms with Gasteiger partial charge in [-0.2, -0.15) is 13.2 Å². The van der Waals surface area contributed by atoms with Crippen LogP contribution in [0.5, 0.6) is 0 Å². The van der Waals surface area contributed by atoms with Crippen molar-refractivity contribution >= 4 is 0 Å². The highest BCUT2D eigenvalue weighted by Gasteiger charge is 2.26. The van der Waals surface area contributed by atoms with Gasteiger partial charge in [0.2, 0.25) is 0 Å². The molecule has 3 N–H and O–H groups in total. The van der Waals surface area contributed by atoms with Crippen LogP contribution >= 0.6 is 0 Å². The number of halogens is 3. The van der Waals surface area contributed by atoms with Crippen LogP contribution in [-0.2, 0) is 0 Å². The Morgan fingerprint density at radius 3 is 2.13 bits per heavy atom. The second kappa shape index (κ2) is 5.70. The van der Waals surface area contributed by atoms with E-state index in [0.717, 1.165) is 0 Å². The lowest BCUT2D eigenvalue weighted by molar-refractivity contribution is -0.135. The maximum Gasteiger partial charge on any atom is 0.389 e. The van der Waals surface area contributed by atoms with Gasteiger partial charge in [-0.05, 0) is 18.4 Å². The second-order valence-electron chi connectivity index (χ2n) is 4.90. The van der Waals surface area contributed by atoms with Crippen LogP contribution in [0.2, 0.25) is 0 Å². The lowest BCUT2D eigenvalue weighted by Gasteiger charge is -2.27. The van der Waals surface area contributed by atoms with E-state index in [9.17, 15) is 13.2 Å². The number of nitrogens with one attached hydrogen (secondary N) is 1. The molecule has 0 rings (SSSR count). The van der Waals surface area contributed by atoms with Crippen molar-refractivity contribution in [1.29, 1.82) is 0 Å². The Kier molecular flexibility index (Phi) is 5.59. The van der Waals surface area contributed by atoms with Gasteiger partial charge in [0.25, 0.3) is 0 Å². The van der Waals surface area contributed by atoms with Crippen LogP contribution in [-0.4, -0.2) is 25.3 Å². The standard InChI is InChI=1S/C10H21F3N2/c1-9(2,3)8(14)7-15-6-4-5-10(11,12)13/h8,15H,4-7,14H2,1-3H3. The Bertz CT molecular complexity index is 172.